The molecule has 0 radical (unpaired) electrons. The molecule has 1 heterocycles. The lowest BCUT2D eigenvalue weighted by Crippen LogP contribution is -2.51. The molecular formula is C18H21F2NO6. The van der Waals surface area contributed by atoms with E-state index in [2.05, 4.69) is 5.32 Å². The van der Waals surface area contributed by atoms with E-state index < -0.39 is 54.5 Å². The second-order valence-corrected chi connectivity index (χ2v) is 6.27. The van der Waals surface area contributed by atoms with E-state index in [1.807, 2.05) is 0 Å². The summed E-state index contributed by atoms with van der Waals surface area (Å²) in [5, 5.41) is 30.3. The highest BCUT2D eigenvalue weighted by atomic mass is 19.1. The summed E-state index contributed by atoms with van der Waals surface area (Å²) in [6.45, 7) is -0.531. The minimum Gasteiger partial charge on any atom is -0.479 e. The van der Waals surface area contributed by atoms with E-state index >= 15 is 0 Å². The van der Waals surface area contributed by atoms with E-state index in [4.69, 9.17) is 14.9 Å². The average molecular weight is 385 g/mol. The molecule has 0 spiro atoms. The van der Waals surface area contributed by atoms with Gasteiger partial charge >= 0.3 is 5.97 Å². The molecule has 1 fully saturated rings. The summed E-state index contributed by atoms with van der Waals surface area (Å²) < 4.78 is 32.1. The van der Waals surface area contributed by atoms with Crippen molar-refractivity contribution in [3.05, 3.63) is 41.5 Å². The molecule has 148 valence electrons. The summed E-state index contributed by atoms with van der Waals surface area (Å²) >= 11 is 0. The van der Waals surface area contributed by atoms with E-state index in [-0.39, 0.29) is 24.8 Å². The molecule has 0 aromatic heterocycles. The van der Waals surface area contributed by atoms with Crippen molar-refractivity contribution in [2.24, 2.45) is 0 Å². The standard InChI is InChI=1S/C18H21F2NO6/c19-11-2-3-13(20)10(7-11)1-6-17(24)21-14-4-5-15(18(25)26)27-16(14)8-12(23)9-22/h1-3,6-7,12,14-16,22-23H,4-5,8-9H2,(H,21,24)(H,25,26)/b6-1+/t12?,14-,15+,16-/m1/s1. The molecule has 0 aliphatic carbocycles. The molecular weight excluding hydrogens is 364 g/mol. The van der Waals surface area contributed by atoms with Crippen molar-refractivity contribution in [1.82, 2.24) is 5.32 Å². The van der Waals surface area contributed by atoms with Crippen molar-refractivity contribution in [2.75, 3.05) is 6.61 Å². The molecule has 4 atom stereocenters. The second-order valence-electron chi connectivity index (χ2n) is 6.27. The molecule has 1 aliphatic rings. The Kier molecular flexibility index (Phi) is 7.40. The quantitative estimate of drug-likeness (QED) is 0.517. The minimum atomic E-state index is -1.15. The van der Waals surface area contributed by atoms with Crippen LogP contribution in [0.2, 0.25) is 0 Å². The lowest BCUT2D eigenvalue weighted by molar-refractivity contribution is -0.164. The van der Waals surface area contributed by atoms with Gasteiger partial charge in [-0.1, -0.05) is 0 Å². The van der Waals surface area contributed by atoms with Crippen LogP contribution < -0.4 is 5.32 Å². The number of aliphatic hydroxyl groups excluding tert-OH is 2. The van der Waals surface area contributed by atoms with Gasteiger partial charge in [-0.05, 0) is 37.1 Å². The molecule has 0 saturated carbocycles. The second kappa shape index (κ2) is 9.54. The van der Waals surface area contributed by atoms with Gasteiger partial charge in [-0.25, -0.2) is 13.6 Å². The molecule has 1 saturated heterocycles. The maximum Gasteiger partial charge on any atom is 0.332 e. The first-order valence-electron chi connectivity index (χ1n) is 8.41. The number of carbonyl (C=O) groups is 2. The number of hydrogen-bond acceptors (Lipinski definition) is 5. The number of halogens is 2. The van der Waals surface area contributed by atoms with Crippen LogP contribution in [0.1, 0.15) is 24.8 Å². The Morgan fingerprint density at radius 2 is 2.07 bits per heavy atom. The Hall–Kier alpha value is -2.36. The summed E-state index contributed by atoms with van der Waals surface area (Å²) in [6, 6.07) is 2.25. The molecule has 2 rings (SSSR count). The largest absolute Gasteiger partial charge is 0.479 e. The number of benzene rings is 1. The van der Waals surface area contributed by atoms with Gasteiger partial charge in [0.25, 0.3) is 0 Å². The van der Waals surface area contributed by atoms with Crippen molar-refractivity contribution < 1.29 is 38.4 Å². The number of amides is 1. The normalized spacial score (nSPS) is 23.9. The molecule has 7 nitrogen and oxygen atoms in total. The first kappa shape index (κ1) is 20.9. The van der Waals surface area contributed by atoms with Crippen molar-refractivity contribution in [2.45, 2.75) is 43.6 Å². The van der Waals surface area contributed by atoms with E-state index in [9.17, 15) is 23.5 Å². The number of ether oxygens (including phenoxy) is 1. The van der Waals surface area contributed by atoms with Crippen LogP contribution in [-0.4, -0.2) is 58.2 Å². The van der Waals surface area contributed by atoms with Crippen molar-refractivity contribution >= 4 is 18.0 Å². The number of aliphatic carboxylic acids is 1. The van der Waals surface area contributed by atoms with Gasteiger partial charge < -0.3 is 25.4 Å². The van der Waals surface area contributed by atoms with Crippen LogP contribution in [0.15, 0.2) is 24.3 Å². The predicted octanol–water partition coefficient (Wildman–Crippen LogP) is 0.838. The highest BCUT2D eigenvalue weighted by Crippen LogP contribution is 2.23. The number of hydrogen-bond donors (Lipinski definition) is 4. The molecule has 1 aromatic rings. The smallest absolute Gasteiger partial charge is 0.332 e. The fraction of sp³-hybridized carbons (Fsp3) is 0.444. The molecule has 1 aromatic carbocycles. The minimum absolute atomic E-state index is 0.0620. The van der Waals surface area contributed by atoms with Gasteiger partial charge in [-0.3, -0.25) is 4.79 Å². The van der Waals surface area contributed by atoms with Gasteiger partial charge in [0, 0.05) is 18.1 Å². The van der Waals surface area contributed by atoms with Gasteiger partial charge in [-0.2, -0.15) is 0 Å². The summed E-state index contributed by atoms with van der Waals surface area (Å²) in [5.41, 5.74) is -0.0942. The zero-order valence-corrected chi connectivity index (χ0v) is 14.3. The number of nitrogens with one attached hydrogen (secondary N) is 1. The third kappa shape index (κ3) is 6.09. The van der Waals surface area contributed by atoms with Crippen molar-refractivity contribution in [3.63, 3.8) is 0 Å². The Balaban J connectivity index is 2.03. The highest BCUT2D eigenvalue weighted by molar-refractivity contribution is 5.92. The first-order valence-corrected chi connectivity index (χ1v) is 8.41. The van der Waals surface area contributed by atoms with E-state index in [1.165, 1.54) is 0 Å². The van der Waals surface area contributed by atoms with Crippen LogP contribution in [0, 0.1) is 11.6 Å². The Morgan fingerprint density at radius 1 is 1.33 bits per heavy atom. The van der Waals surface area contributed by atoms with E-state index in [0.717, 1.165) is 30.4 Å². The SMILES string of the molecule is O=C(/C=C/c1cc(F)ccc1F)N[C@@H]1CC[C@@H](C(=O)O)O[C@@H]1CC(O)CO. The first-order chi connectivity index (χ1) is 12.8. The lowest BCUT2D eigenvalue weighted by atomic mass is 9.94. The van der Waals surface area contributed by atoms with Crippen LogP contribution in [-0.2, 0) is 14.3 Å². The Bertz CT molecular complexity index is 711. The maximum absolute atomic E-state index is 13.6. The number of carbonyl (C=O) groups excluding carboxylic acids is 1. The van der Waals surface area contributed by atoms with E-state index in [1.54, 1.807) is 0 Å². The Morgan fingerprint density at radius 3 is 2.74 bits per heavy atom. The highest BCUT2D eigenvalue weighted by Gasteiger charge is 2.36. The van der Waals surface area contributed by atoms with Gasteiger partial charge in [0.15, 0.2) is 6.10 Å². The van der Waals surface area contributed by atoms with Gasteiger partial charge in [0.05, 0.1) is 24.9 Å². The predicted molar refractivity (Wildman–Crippen MR) is 90.6 cm³/mol. The summed E-state index contributed by atoms with van der Waals surface area (Å²) in [7, 11) is 0. The third-order valence-electron chi connectivity index (χ3n) is 4.22. The molecule has 27 heavy (non-hydrogen) atoms. The molecule has 1 unspecified atom stereocenters. The van der Waals surface area contributed by atoms with Gasteiger partial charge in [0.1, 0.15) is 11.6 Å². The Labute approximate surface area is 154 Å². The summed E-state index contributed by atoms with van der Waals surface area (Å²) in [5.74, 6) is -3.08. The topological polar surface area (TPSA) is 116 Å². The molecule has 9 heteroatoms. The lowest BCUT2D eigenvalue weighted by Gasteiger charge is -2.36. The number of carboxylic acids is 1. The van der Waals surface area contributed by atoms with Crippen molar-refractivity contribution in [1.29, 1.82) is 0 Å². The van der Waals surface area contributed by atoms with Gasteiger partial charge in [0.2, 0.25) is 5.91 Å². The monoisotopic (exact) mass is 385 g/mol. The zero-order chi connectivity index (χ0) is 20.0. The molecule has 4 N–H and O–H groups in total. The fourth-order valence-electron chi connectivity index (χ4n) is 2.84. The van der Waals surface area contributed by atoms with Gasteiger partial charge in [-0.15, -0.1) is 0 Å². The number of aliphatic hydroxyl groups is 2. The third-order valence-corrected chi connectivity index (χ3v) is 4.22. The van der Waals surface area contributed by atoms with Crippen LogP contribution in [0.25, 0.3) is 6.08 Å². The summed E-state index contributed by atoms with van der Waals surface area (Å²) in [4.78, 5) is 23.2. The van der Waals surface area contributed by atoms with Crippen LogP contribution in [0.3, 0.4) is 0 Å². The molecule has 1 aliphatic heterocycles. The number of carboxylic acid groups (broad SMARTS) is 1. The molecule has 1 amide bonds. The van der Waals surface area contributed by atoms with Crippen molar-refractivity contribution in [3.8, 4) is 0 Å². The maximum atomic E-state index is 13.6. The van der Waals surface area contributed by atoms with E-state index in [0.29, 0.717) is 0 Å². The summed E-state index contributed by atoms with van der Waals surface area (Å²) in [6.07, 6.45) is -0.472. The van der Waals surface area contributed by atoms with Crippen LogP contribution in [0.4, 0.5) is 8.78 Å². The molecule has 0 bridgehead atoms. The van der Waals surface area contributed by atoms with Crippen LogP contribution in [0.5, 0.6) is 0 Å². The average Bonchev–Trinajstić information content (AvgIpc) is 2.63. The number of rotatable bonds is 7. The van der Waals surface area contributed by atoms with Crippen LogP contribution >= 0.6 is 0 Å². The zero-order valence-electron chi connectivity index (χ0n) is 14.3. The fourth-order valence-corrected chi connectivity index (χ4v) is 2.84.